The van der Waals surface area contributed by atoms with Gasteiger partial charge in [-0.15, -0.1) is 0 Å². The van der Waals surface area contributed by atoms with E-state index in [4.69, 9.17) is 0 Å². The van der Waals surface area contributed by atoms with E-state index in [2.05, 4.69) is 35.9 Å². The van der Waals surface area contributed by atoms with E-state index in [-0.39, 0.29) is 0 Å². The molecule has 2 nitrogen and oxygen atoms in total. The number of pyridine rings is 1. The average molecular weight is 206 g/mol. The summed E-state index contributed by atoms with van der Waals surface area (Å²) in [4.78, 5) is 7.01. The maximum absolute atomic E-state index is 4.56. The van der Waals surface area contributed by atoms with Crippen LogP contribution in [0.3, 0.4) is 0 Å². The van der Waals surface area contributed by atoms with Crippen molar-refractivity contribution in [2.75, 3.05) is 13.1 Å². The first-order valence-electron chi connectivity index (χ1n) is 5.97. The van der Waals surface area contributed by atoms with Crippen LogP contribution in [0.5, 0.6) is 0 Å². The molecule has 0 fully saturated rings. The minimum Gasteiger partial charge on any atom is -0.299 e. The largest absolute Gasteiger partial charge is 0.299 e. The molecule has 2 rings (SSSR count). The lowest BCUT2D eigenvalue weighted by Crippen LogP contribution is -2.30. The van der Waals surface area contributed by atoms with Crippen LogP contribution in [0.15, 0.2) is 12.1 Å². The standard InChI is InChI=1S/C11H16N2.C2H6/c1-3-13-7-6-11-10(8-13)5-4-9(2)12-11;1-2/h4-5H,3,6-8H2,1-2H3;1-2H3. The molecule has 0 saturated carbocycles. The molecule has 0 aromatic carbocycles. The number of nitrogens with zero attached hydrogens (tertiary/aromatic N) is 2. The Morgan fingerprint density at radius 3 is 2.73 bits per heavy atom. The third kappa shape index (κ3) is 3.03. The van der Waals surface area contributed by atoms with Gasteiger partial charge in [0.05, 0.1) is 0 Å². The fourth-order valence-electron chi connectivity index (χ4n) is 1.85. The Morgan fingerprint density at radius 2 is 2.07 bits per heavy atom. The van der Waals surface area contributed by atoms with E-state index in [1.165, 1.54) is 17.8 Å². The van der Waals surface area contributed by atoms with Gasteiger partial charge in [0.25, 0.3) is 0 Å². The molecule has 84 valence electrons. The maximum atomic E-state index is 4.56. The number of fused-ring (bicyclic) bond motifs is 1. The molecule has 1 aliphatic heterocycles. The second kappa shape index (κ2) is 5.86. The molecule has 0 atom stereocenters. The van der Waals surface area contributed by atoms with Gasteiger partial charge in [-0.1, -0.05) is 26.8 Å². The molecule has 0 amide bonds. The van der Waals surface area contributed by atoms with Crippen LogP contribution >= 0.6 is 0 Å². The Balaban J connectivity index is 0.000000531. The molecule has 1 aliphatic rings. The minimum atomic E-state index is 1.08. The third-order valence-electron chi connectivity index (χ3n) is 2.71. The summed E-state index contributed by atoms with van der Waals surface area (Å²) >= 11 is 0. The molecular formula is C13H22N2. The van der Waals surface area contributed by atoms with Gasteiger partial charge >= 0.3 is 0 Å². The summed E-state index contributed by atoms with van der Waals surface area (Å²) in [6.45, 7) is 11.7. The highest BCUT2D eigenvalue weighted by molar-refractivity contribution is 5.24. The van der Waals surface area contributed by atoms with Crippen molar-refractivity contribution >= 4 is 0 Å². The highest BCUT2D eigenvalue weighted by atomic mass is 15.1. The second-order valence-electron chi connectivity index (χ2n) is 3.68. The Morgan fingerprint density at radius 1 is 1.33 bits per heavy atom. The smallest absolute Gasteiger partial charge is 0.0464 e. The molecular weight excluding hydrogens is 184 g/mol. The van der Waals surface area contributed by atoms with E-state index in [0.717, 1.165) is 25.2 Å². The van der Waals surface area contributed by atoms with Crippen LogP contribution in [0.4, 0.5) is 0 Å². The number of likely N-dealkylation sites (N-methyl/N-ethyl adjacent to an activating group) is 1. The molecule has 1 aromatic heterocycles. The summed E-state index contributed by atoms with van der Waals surface area (Å²) in [5, 5.41) is 0. The van der Waals surface area contributed by atoms with Gasteiger partial charge < -0.3 is 0 Å². The predicted octanol–water partition coefficient (Wildman–Crippen LogP) is 2.79. The fraction of sp³-hybridized carbons (Fsp3) is 0.615. The first kappa shape index (κ1) is 12.2. The first-order valence-corrected chi connectivity index (χ1v) is 5.97. The van der Waals surface area contributed by atoms with Crippen LogP contribution in [0.1, 0.15) is 37.7 Å². The molecule has 15 heavy (non-hydrogen) atoms. The summed E-state index contributed by atoms with van der Waals surface area (Å²) in [5.74, 6) is 0. The van der Waals surface area contributed by atoms with Gasteiger partial charge in [-0.05, 0) is 25.1 Å². The molecule has 2 heterocycles. The van der Waals surface area contributed by atoms with Gasteiger partial charge in [0.15, 0.2) is 0 Å². The van der Waals surface area contributed by atoms with E-state index in [9.17, 15) is 0 Å². The Bertz CT molecular complexity index is 307. The summed E-state index contributed by atoms with van der Waals surface area (Å²) < 4.78 is 0. The lowest BCUT2D eigenvalue weighted by atomic mass is 10.1. The normalized spacial score (nSPS) is 15.2. The van der Waals surface area contributed by atoms with E-state index in [1.807, 2.05) is 13.8 Å². The lowest BCUT2D eigenvalue weighted by molar-refractivity contribution is 0.265. The first-order chi connectivity index (χ1) is 7.29. The van der Waals surface area contributed by atoms with Crippen LogP contribution < -0.4 is 0 Å². The number of aromatic nitrogens is 1. The van der Waals surface area contributed by atoms with Crippen LogP contribution in [0.25, 0.3) is 0 Å². The molecule has 0 aliphatic carbocycles. The molecule has 0 N–H and O–H groups in total. The van der Waals surface area contributed by atoms with Gasteiger partial charge in [-0.25, -0.2) is 0 Å². The van der Waals surface area contributed by atoms with Crippen molar-refractivity contribution in [2.45, 2.75) is 40.7 Å². The maximum Gasteiger partial charge on any atom is 0.0464 e. The van der Waals surface area contributed by atoms with Crippen LogP contribution in [-0.4, -0.2) is 23.0 Å². The summed E-state index contributed by atoms with van der Waals surface area (Å²) in [5.41, 5.74) is 3.87. The Kier molecular flexibility index (Phi) is 4.76. The van der Waals surface area contributed by atoms with Crippen LogP contribution in [0.2, 0.25) is 0 Å². The zero-order valence-corrected chi connectivity index (χ0v) is 10.4. The van der Waals surface area contributed by atoms with Crippen molar-refractivity contribution in [2.24, 2.45) is 0 Å². The number of hydrogen-bond acceptors (Lipinski definition) is 2. The summed E-state index contributed by atoms with van der Waals surface area (Å²) in [6.07, 6.45) is 1.12. The van der Waals surface area contributed by atoms with E-state index < -0.39 is 0 Å². The van der Waals surface area contributed by atoms with Gasteiger partial charge in [-0.2, -0.15) is 0 Å². The van der Waals surface area contributed by atoms with Crippen LogP contribution in [-0.2, 0) is 13.0 Å². The van der Waals surface area contributed by atoms with Gasteiger partial charge in [0, 0.05) is 30.9 Å². The van der Waals surface area contributed by atoms with E-state index in [1.54, 1.807) is 0 Å². The highest BCUT2D eigenvalue weighted by Crippen LogP contribution is 2.16. The Labute approximate surface area is 93.3 Å². The fourth-order valence-corrected chi connectivity index (χ4v) is 1.85. The quantitative estimate of drug-likeness (QED) is 0.702. The number of rotatable bonds is 1. The molecule has 0 radical (unpaired) electrons. The molecule has 0 saturated heterocycles. The predicted molar refractivity (Wildman–Crippen MR) is 65.0 cm³/mol. The lowest BCUT2D eigenvalue weighted by Gasteiger charge is -2.26. The van der Waals surface area contributed by atoms with E-state index in [0.29, 0.717) is 0 Å². The summed E-state index contributed by atoms with van der Waals surface area (Å²) in [7, 11) is 0. The van der Waals surface area contributed by atoms with Crippen LogP contribution in [0, 0.1) is 6.92 Å². The van der Waals surface area contributed by atoms with Crippen molar-refractivity contribution in [1.82, 2.24) is 9.88 Å². The molecule has 0 unspecified atom stereocenters. The van der Waals surface area contributed by atoms with Gasteiger partial charge in [-0.3, -0.25) is 9.88 Å². The second-order valence-corrected chi connectivity index (χ2v) is 3.68. The third-order valence-corrected chi connectivity index (χ3v) is 2.71. The average Bonchev–Trinajstić information content (AvgIpc) is 2.31. The molecule has 1 aromatic rings. The zero-order chi connectivity index (χ0) is 11.3. The number of hydrogen-bond donors (Lipinski definition) is 0. The van der Waals surface area contributed by atoms with Crippen molar-refractivity contribution in [1.29, 1.82) is 0 Å². The van der Waals surface area contributed by atoms with Crippen molar-refractivity contribution < 1.29 is 0 Å². The Hall–Kier alpha value is -0.890. The van der Waals surface area contributed by atoms with Crippen molar-refractivity contribution in [3.8, 4) is 0 Å². The highest BCUT2D eigenvalue weighted by Gasteiger charge is 2.15. The van der Waals surface area contributed by atoms with Crippen molar-refractivity contribution in [3.63, 3.8) is 0 Å². The monoisotopic (exact) mass is 206 g/mol. The van der Waals surface area contributed by atoms with E-state index >= 15 is 0 Å². The van der Waals surface area contributed by atoms with Gasteiger partial charge in [0.1, 0.15) is 0 Å². The molecule has 2 heteroatoms. The van der Waals surface area contributed by atoms with Gasteiger partial charge in [0.2, 0.25) is 0 Å². The number of aryl methyl sites for hydroxylation is 1. The SMILES string of the molecule is CC.CCN1CCc2nc(C)ccc2C1. The molecule has 0 bridgehead atoms. The van der Waals surface area contributed by atoms with Crippen molar-refractivity contribution in [3.05, 3.63) is 29.1 Å². The minimum absolute atomic E-state index is 1.08. The summed E-state index contributed by atoms with van der Waals surface area (Å²) in [6, 6.07) is 4.33. The molecule has 0 spiro atoms. The topological polar surface area (TPSA) is 16.1 Å². The zero-order valence-electron chi connectivity index (χ0n) is 10.4.